The van der Waals surface area contributed by atoms with Gasteiger partial charge < -0.3 is 20.4 Å². The summed E-state index contributed by atoms with van der Waals surface area (Å²) in [4.78, 5) is 78.6. The van der Waals surface area contributed by atoms with Gasteiger partial charge in [-0.3, -0.25) is 38.6 Å². The first kappa shape index (κ1) is 41.1. The Kier molecular flexibility index (Phi) is 10.7. The van der Waals surface area contributed by atoms with Crippen LogP contribution >= 0.6 is 0 Å². The fraction of sp³-hybridized carbons (Fsp3) is 0.106. The molecule has 6 amide bonds. The highest BCUT2D eigenvalue weighted by Gasteiger charge is 2.30. The molecule has 0 atom stereocenters. The van der Waals surface area contributed by atoms with Gasteiger partial charge in [-0.05, 0) is 83.6 Å². The van der Waals surface area contributed by atoms with Crippen LogP contribution in [0.4, 0.5) is 22.7 Å². The first-order valence-corrected chi connectivity index (χ1v) is 19.5. The van der Waals surface area contributed by atoms with Crippen LogP contribution in [0.2, 0.25) is 0 Å². The van der Waals surface area contributed by atoms with Crippen LogP contribution in [0.25, 0.3) is 11.4 Å². The SMILES string of the molecule is CC(=O)N(CN(C(C)=O)c1cc(O)n(-c2ccc(Cc3ccc(N4C(=O)C=CC4=O)cc3)cc2)c1O)c1cc(O)n(-c2ccc(Cc3ccc(N4C(=O)C=CC4=O)cc3)cc2)c1O. The molecule has 0 aliphatic carbocycles. The van der Waals surface area contributed by atoms with Crippen LogP contribution in [0.5, 0.6) is 23.5 Å². The first-order valence-electron chi connectivity index (χ1n) is 19.5. The van der Waals surface area contributed by atoms with Crippen LogP contribution in [0.15, 0.2) is 133 Å². The zero-order valence-corrected chi connectivity index (χ0v) is 33.7. The lowest BCUT2D eigenvalue weighted by Gasteiger charge is -2.28. The molecular formula is C47H38N6O10. The van der Waals surface area contributed by atoms with Gasteiger partial charge in [0.2, 0.25) is 35.3 Å². The highest BCUT2D eigenvalue weighted by atomic mass is 16.3. The number of nitrogens with zero attached hydrogens (tertiary/aromatic N) is 6. The molecule has 0 radical (unpaired) electrons. The Hall–Kier alpha value is -8.66. The van der Waals surface area contributed by atoms with E-state index in [4.69, 9.17) is 0 Å². The van der Waals surface area contributed by atoms with Gasteiger partial charge in [0.1, 0.15) is 18.0 Å². The number of carbonyl (C=O) groups is 6. The fourth-order valence-corrected chi connectivity index (χ4v) is 7.52. The molecule has 2 aromatic heterocycles. The summed E-state index contributed by atoms with van der Waals surface area (Å²) in [6, 6.07) is 30.1. The molecule has 0 saturated carbocycles. The minimum absolute atomic E-state index is 0.135. The number of imide groups is 2. The van der Waals surface area contributed by atoms with Gasteiger partial charge in [0.05, 0.1) is 22.7 Å². The molecule has 0 saturated heterocycles. The lowest BCUT2D eigenvalue weighted by molar-refractivity contribution is -0.121. The normalized spacial score (nSPS) is 13.4. The van der Waals surface area contributed by atoms with E-state index in [9.17, 15) is 49.2 Å². The predicted octanol–water partition coefficient (Wildman–Crippen LogP) is 5.49. The number of anilines is 4. The van der Waals surface area contributed by atoms with Gasteiger partial charge >= 0.3 is 0 Å². The van der Waals surface area contributed by atoms with Crippen LogP contribution in [0, 0.1) is 0 Å². The molecule has 0 spiro atoms. The molecule has 16 heteroatoms. The molecule has 6 aromatic rings. The van der Waals surface area contributed by atoms with Crippen molar-refractivity contribution in [1.82, 2.24) is 9.13 Å². The molecule has 63 heavy (non-hydrogen) atoms. The quantitative estimate of drug-likeness (QED) is 0.0900. The van der Waals surface area contributed by atoms with Gasteiger partial charge in [-0.15, -0.1) is 0 Å². The Bertz CT molecular complexity index is 2660. The molecule has 0 unspecified atom stereocenters. The summed E-state index contributed by atoms with van der Waals surface area (Å²) in [5.74, 6) is -4.70. The lowest BCUT2D eigenvalue weighted by Crippen LogP contribution is -2.43. The third kappa shape index (κ3) is 7.91. The van der Waals surface area contributed by atoms with Gasteiger partial charge in [-0.1, -0.05) is 48.5 Å². The van der Waals surface area contributed by atoms with Crippen molar-refractivity contribution in [3.05, 3.63) is 156 Å². The van der Waals surface area contributed by atoms with Crippen molar-refractivity contribution < 1.29 is 49.2 Å². The van der Waals surface area contributed by atoms with Gasteiger partial charge in [0.15, 0.2) is 0 Å². The molecule has 0 bridgehead atoms. The third-order valence-electron chi connectivity index (χ3n) is 10.7. The Morgan fingerprint density at radius 3 is 0.984 bits per heavy atom. The predicted molar refractivity (Wildman–Crippen MR) is 231 cm³/mol. The maximum Gasteiger partial charge on any atom is 0.258 e. The summed E-state index contributed by atoms with van der Waals surface area (Å²) in [6.45, 7) is 1.88. The number of benzene rings is 4. The van der Waals surface area contributed by atoms with E-state index in [1.807, 2.05) is 24.3 Å². The molecule has 0 fully saturated rings. The van der Waals surface area contributed by atoms with Crippen molar-refractivity contribution >= 4 is 58.2 Å². The van der Waals surface area contributed by atoms with E-state index in [-0.39, 0.29) is 11.4 Å². The van der Waals surface area contributed by atoms with Crippen molar-refractivity contribution in [2.24, 2.45) is 0 Å². The van der Waals surface area contributed by atoms with Crippen molar-refractivity contribution in [3.63, 3.8) is 0 Å². The van der Waals surface area contributed by atoms with Crippen LogP contribution in [-0.4, -0.2) is 71.7 Å². The topological polar surface area (TPSA) is 206 Å². The number of hydrogen-bond donors (Lipinski definition) is 4. The van der Waals surface area contributed by atoms with Crippen LogP contribution in [0.1, 0.15) is 36.1 Å². The molecule has 8 rings (SSSR count). The summed E-state index contributed by atoms with van der Waals surface area (Å²) < 4.78 is 2.24. The van der Waals surface area contributed by atoms with Gasteiger partial charge in [-0.2, -0.15) is 0 Å². The Morgan fingerprint density at radius 2 is 0.714 bits per heavy atom. The van der Waals surface area contributed by atoms with Crippen LogP contribution in [0.3, 0.4) is 0 Å². The summed E-state index contributed by atoms with van der Waals surface area (Å²) in [5, 5.41) is 44.9. The summed E-state index contributed by atoms with van der Waals surface area (Å²) in [6.07, 6.45) is 5.86. The van der Waals surface area contributed by atoms with Crippen molar-refractivity contribution in [2.75, 3.05) is 26.3 Å². The standard InChI is InChI=1S/C47H38N6O10/c1-28(54)48(38-25-44(60)52(46(38)62)36-15-7-32(8-16-36)23-30-3-11-34(12-4-30)50-40(56)19-20-41(50)57)27-49(29(2)55)39-26-45(61)53(47(39)63)37-17-9-33(10-18-37)24-31-5-13-35(14-6-31)51-42(58)21-22-43(51)59/h3-22,25-26,60-63H,23-24,27H2,1-2H3. The second-order valence-electron chi connectivity index (χ2n) is 14.8. The van der Waals surface area contributed by atoms with Crippen molar-refractivity contribution in [1.29, 1.82) is 0 Å². The summed E-state index contributed by atoms with van der Waals surface area (Å²) in [7, 11) is 0. The molecular weight excluding hydrogens is 809 g/mol. The number of aromatic nitrogens is 2. The lowest BCUT2D eigenvalue weighted by atomic mass is 10.0. The average molecular weight is 847 g/mol. The first-order chi connectivity index (χ1) is 30.2. The van der Waals surface area contributed by atoms with E-state index < -0.39 is 65.6 Å². The molecule has 2 aliphatic rings. The van der Waals surface area contributed by atoms with E-state index in [0.29, 0.717) is 35.6 Å². The van der Waals surface area contributed by atoms with Gasteiger partial charge in [-0.25, -0.2) is 18.9 Å². The fourth-order valence-electron chi connectivity index (χ4n) is 7.52. The zero-order chi connectivity index (χ0) is 44.7. The molecule has 4 heterocycles. The molecule has 4 aromatic carbocycles. The maximum absolute atomic E-state index is 13.1. The molecule has 2 aliphatic heterocycles. The van der Waals surface area contributed by atoms with E-state index >= 15 is 0 Å². The number of carbonyl (C=O) groups excluding carboxylic acids is 6. The second kappa shape index (κ2) is 16.4. The number of amides is 6. The van der Waals surface area contributed by atoms with E-state index in [2.05, 4.69) is 0 Å². The highest BCUT2D eigenvalue weighted by molar-refractivity contribution is 6.28. The largest absolute Gasteiger partial charge is 0.494 e. The summed E-state index contributed by atoms with van der Waals surface area (Å²) in [5.41, 5.74) is 4.91. The Balaban J connectivity index is 0.970. The molecule has 4 N–H and O–H groups in total. The van der Waals surface area contributed by atoms with Crippen LogP contribution in [-0.2, 0) is 41.6 Å². The summed E-state index contributed by atoms with van der Waals surface area (Å²) >= 11 is 0. The molecule has 16 nitrogen and oxygen atoms in total. The monoisotopic (exact) mass is 846 g/mol. The van der Waals surface area contributed by atoms with E-state index in [1.165, 1.54) is 50.3 Å². The number of rotatable bonds is 12. The maximum atomic E-state index is 13.1. The van der Waals surface area contributed by atoms with Crippen LogP contribution < -0.4 is 19.6 Å². The smallest absolute Gasteiger partial charge is 0.258 e. The second-order valence-corrected chi connectivity index (χ2v) is 14.8. The number of hydrogen-bond acceptors (Lipinski definition) is 10. The highest BCUT2D eigenvalue weighted by Crippen LogP contribution is 2.41. The van der Waals surface area contributed by atoms with E-state index in [1.54, 1.807) is 72.8 Å². The van der Waals surface area contributed by atoms with Gasteiger partial charge in [0, 0.05) is 50.3 Å². The van der Waals surface area contributed by atoms with Crippen molar-refractivity contribution in [2.45, 2.75) is 26.7 Å². The molecule has 316 valence electrons. The third-order valence-corrected chi connectivity index (χ3v) is 10.7. The minimum atomic E-state index is -0.617. The average Bonchev–Trinajstić information content (AvgIpc) is 3.96. The number of aromatic hydroxyl groups is 4. The Morgan fingerprint density at radius 1 is 0.444 bits per heavy atom. The minimum Gasteiger partial charge on any atom is -0.494 e. The Labute approximate surface area is 359 Å². The van der Waals surface area contributed by atoms with E-state index in [0.717, 1.165) is 51.0 Å². The zero-order valence-electron chi connectivity index (χ0n) is 33.7. The van der Waals surface area contributed by atoms with Gasteiger partial charge in [0.25, 0.3) is 23.6 Å². The van der Waals surface area contributed by atoms with Crippen molar-refractivity contribution in [3.8, 4) is 34.9 Å².